The van der Waals surface area contributed by atoms with Crippen molar-refractivity contribution in [1.82, 2.24) is 0 Å². The molecule has 0 spiro atoms. The summed E-state index contributed by atoms with van der Waals surface area (Å²) in [5.41, 5.74) is 0. The minimum Gasteiger partial charge on any atom is -0.481 e. The fraction of sp³-hybridized carbons (Fsp3) is 0.857. The van der Waals surface area contributed by atoms with Crippen molar-refractivity contribution in [2.75, 3.05) is 13.7 Å². The summed E-state index contributed by atoms with van der Waals surface area (Å²) >= 11 is 0. The Morgan fingerprint density at radius 2 is 2.09 bits per heavy atom. The lowest BCUT2D eigenvalue weighted by Crippen LogP contribution is -2.22. The summed E-state index contributed by atoms with van der Waals surface area (Å²) in [7, 11) is 1.40. The predicted molar refractivity (Wildman–Crippen MR) is 38.9 cm³/mol. The molecule has 4 nitrogen and oxygen atoms in total. The molecule has 0 amide bonds. The van der Waals surface area contributed by atoms with Gasteiger partial charge in [0.1, 0.15) is 0 Å². The third-order valence-electron chi connectivity index (χ3n) is 1.69. The quantitative estimate of drug-likeness (QED) is 0.482. The van der Waals surface area contributed by atoms with Crippen molar-refractivity contribution in [1.29, 1.82) is 0 Å². The van der Waals surface area contributed by atoms with E-state index in [1.54, 1.807) is 13.8 Å². The molecule has 1 N–H and O–H groups in total. The van der Waals surface area contributed by atoms with Crippen molar-refractivity contribution in [3.05, 3.63) is 0 Å². The van der Waals surface area contributed by atoms with Gasteiger partial charge in [-0.1, -0.05) is 13.8 Å². The van der Waals surface area contributed by atoms with Crippen LogP contribution in [0.1, 0.15) is 13.8 Å². The van der Waals surface area contributed by atoms with E-state index in [1.807, 2.05) is 0 Å². The molecule has 11 heavy (non-hydrogen) atoms. The molecular weight excluding hydrogens is 148 g/mol. The maximum atomic E-state index is 10.4. The molecule has 0 bridgehead atoms. The van der Waals surface area contributed by atoms with E-state index < -0.39 is 11.9 Å². The van der Waals surface area contributed by atoms with Crippen LogP contribution in [0.2, 0.25) is 0 Å². The fourth-order valence-corrected chi connectivity index (χ4v) is 0.563. The first-order valence-electron chi connectivity index (χ1n) is 3.48. The molecule has 0 saturated heterocycles. The maximum absolute atomic E-state index is 10.4. The average molecular weight is 162 g/mol. The van der Waals surface area contributed by atoms with Crippen molar-refractivity contribution < 1.29 is 19.7 Å². The van der Waals surface area contributed by atoms with Gasteiger partial charge in [0, 0.05) is 0 Å². The standard InChI is InChI=1S/C7H14O4/c1-5(4-11-10-3)6(2)7(8)9/h5-6H,4H2,1-3H3,(H,8,9)/t5-,6-/m1/s1. The van der Waals surface area contributed by atoms with E-state index in [2.05, 4.69) is 9.78 Å². The third kappa shape index (κ3) is 3.95. The normalized spacial score (nSPS) is 15.9. The lowest BCUT2D eigenvalue weighted by atomic mass is 9.97. The van der Waals surface area contributed by atoms with Gasteiger partial charge in [0.2, 0.25) is 0 Å². The first-order valence-corrected chi connectivity index (χ1v) is 3.48. The molecule has 0 aromatic rings. The zero-order valence-corrected chi connectivity index (χ0v) is 7.03. The Bertz CT molecular complexity index is 124. The molecule has 0 aliphatic carbocycles. The summed E-state index contributed by atoms with van der Waals surface area (Å²) < 4.78 is 0. The lowest BCUT2D eigenvalue weighted by molar-refractivity contribution is -0.280. The first-order chi connectivity index (χ1) is 5.09. The van der Waals surface area contributed by atoms with Crippen LogP contribution in [0.15, 0.2) is 0 Å². The van der Waals surface area contributed by atoms with E-state index in [0.29, 0.717) is 6.61 Å². The van der Waals surface area contributed by atoms with E-state index in [-0.39, 0.29) is 5.92 Å². The second-order valence-corrected chi connectivity index (χ2v) is 2.56. The number of rotatable bonds is 5. The third-order valence-corrected chi connectivity index (χ3v) is 1.69. The number of hydrogen-bond donors (Lipinski definition) is 1. The van der Waals surface area contributed by atoms with Crippen molar-refractivity contribution in [3.63, 3.8) is 0 Å². The molecular formula is C7H14O4. The van der Waals surface area contributed by atoms with Gasteiger partial charge in [-0.25, -0.2) is 9.78 Å². The van der Waals surface area contributed by atoms with Gasteiger partial charge in [-0.15, -0.1) is 0 Å². The summed E-state index contributed by atoms with van der Waals surface area (Å²) in [5, 5.41) is 8.56. The van der Waals surface area contributed by atoms with Gasteiger partial charge < -0.3 is 5.11 Å². The van der Waals surface area contributed by atoms with Crippen LogP contribution in [0, 0.1) is 11.8 Å². The second kappa shape index (κ2) is 5.09. The van der Waals surface area contributed by atoms with E-state index in [1.165, 1.54) is 7.11 Å². The number of carboxylic acid groups (broad SMARTS) is 1. The van der Waals surface area contributed by atoms with Crippen LogP contribution in [0.5, 0.6) is 0 Å². The highest BCUT2D eigenvalue weighted by Crippen LogP contribution is 2.10. The summed E-state index contributed by atoms with van der Waals surface area (Å²) in [6.07, 6.45) is 0. The molecule has 0 heterocycles. The minimum atomic E-state index is -0.808. The van der Waals surface area contributed by atoms with Crippen molar-refractivity contribution in [2.24, 2.45) is 11.8 Å². The van der Waals surface area contributed by atoms with Crippen LogP contribution in [-0.4, -0.2) is 24.8 Å². The van der Waals surface area contributed by atoms with Crippen LogP contribution in [0.25, 0.3) is 0 Å². The Kier molecular flexibility index (Phi) is 4.81. The molecule has 0 rings (SSSR count). The topological polar surface area (TPSA) is 55.8 Å². The molecule has 4 heteroatoms. The van der Waals surface area contributed by atoms with Crippen LogP contribution in [0.4, 0.5) is 0 Å². The molecule has 2 atom stereocenters. The second-order valence-electron chi connectivity index (χ2n) is 2.56. The van der Waals surface area contributed by atoms with E-state index >= 15 is 0 Å². The largest absolute Gasteiger partial charge is 0.481 e. The van der Waals surface area contributed by atoms with Crippen molar-refractivity contribution >= 4 is 5.97 Å². The average Bonchev–Trinajstić information content (AvgIpc) is 1.98. The van der Waals surface area contributed by atoms with Gasteiger partial charge in [-0.3, -0.25) is 4.79 Å². The summed E-state index contributed by atoms with van der Waals surface area (Å²) in [6, 6.07) is 0. The Balaban J connectivity index is 3.63. The number of carbonyl (C=O) groups is 1. The van der Waals surface area contributed by atoms with Crippen molar-refractivity contribution in [2.45, 2.75) is 13.8 Å². The molecule has 0 aliphatic rings. The fourth-order valence-electron chi connectivity index (χ4n) is 0.563. The highest BCUT2D eigenvalue weighted by atomic mass is 17.2. The van der Waals surface area contributed by atoms with Crippen LogP contribution in [-0.2, 0) is 14.6 Å². The number of aliphatic carboxylic acids is 1. The Morgan fingerprint density at radius 1 is 1.55 bits per heavy atom. The predicted octanol–water partition coefficient (Wildman–Crippen LogP) is 0.921. The number of hydrogen-bond acceptors (Lipinski definition) is 3. The van der Waals surface area contributed by atoms with E-state index in [0.717, 1.165) is 0 Å². The Labute approximate surface area is 66.0 Å². The van der Waals surface area contributed by atoms with Gasteiger partial charge in [0.05, 0.1) is 19.6 Å². The highest BCUT2D eigenvalue weighted by molar-refractivity contribution is 5.69. The maximum Gasteiger partial charge on any atom is 0.306 e. The number of carboxylic acids is 1. The zero-order valence-electron chi connectivity index (χ0n) is 7.03. The summed E-state index contributed by atoms with van der Waals surface area (Å²) in [4.78, 5) is 19.4. The smallest absolute Gasteiger partial charge is 0.306 e. The van der Waals surface area contributed by atoms with Crippen LogP contribution in [0.3, 0.4) is 0 Å². The molecule has 0 saturated carbocycles. The van der Waals surface area contributed by atoms with Gasteiger partial charge in [0.25, 0.3) is 0 Å². The molecule has 0 fully saturated rings. The Hall–Kier alpha value is -0.610. The highest BCUT2D eigenvalue weighted by Gasteiger charge is 2.19. The van der Waals surface area contributed by atoms with Crippen LogP contribution >= 0.6 is 0 Å². The minimum absolute atomic E-state index is 0.0348. The van der Waals surface area contributed by atoms with Crippen molar-refractivity contribution in [3.8, 4) is 0 Å². The van der Waals surface area contributed by atoms with E-state index in [9.17, 15) is 4.79 Å². The zero-order chi connectivity index (χ0) is 8.85. The van der Waals surface area contributed by atoms with Gasteiger partial charge in [0.15, 0.2) is 0 Å². The monoisotopic (exact) mass is 162 g/mol. The van der Waals surface area contributed by atoms with Gasteiger partial charge >= 0.3 is 5.97 Å². The summed E-state index contributed by atoms with van der Waals surface area (Å²) in [6.45, 7) is 3.76. The Morgan fingerprint density at radius 3 is 2.45 bits per heavy atom. The SMILES string of the molecule is COOC[C@@H](C)[C@@H](C)C(=O)O. The van der Waals surface area contributed by atoms with Crippen LogP contribution < -0.4 is 0 Å². The molecule has 0 aromatic carbocycles. The molecule has 0 radical (unpaired) electrons. The van der Waals surface area contributed by atoms with Gasteiger partial charge in [-0.2, -0.15) is 0 Å². The summed E-state index contributed by atoms with van der Waals surface area (Å²) in [5.74, 6) is -1.24. The first kappa shape index (κ1) is 10.4. The van der Waals surface area contributed by atoms with Gasteiger partial charge in [-0.05, 0) is 5.92 Å². The lowest BCUT2D eigenvalue weighted by Gasteiger charge is -2.13. The molecule has 66 valence electrons. The van der Waals surface area contributed by atoms with E-state index in [4.69, 9.17) is 5.11 Å². The molecule has 0 aliphatic heterocycles. The molecule has 0 aromatic heterocycles. The molecule has 0 unspecified atom stereocenters.